The van der Waals surface area contributed by atoms with Crippen molar-refractivity contribution >= 4 is 21.4 Å². The van der Waals surface area contributed by atoms with Gasteiger partial charge in [0.15, 0.2) is 0 Å². The molecule has 3 N–H and O–H groups in total. The molecule has 6 heteroatoms. The fourth-order valence-corrected chi connectivity index (χ4v) is 3.56. The van der Waals surface area contributed by atoms with E-state index in [0.717, 1.165) is 4.88 Å². The molecule has 0 unspecified atom stereocenters. The van der Waals surface area contributed by atoms with E-state index >= 15 is 0 Å². The predicted molar refractivity (Wildman–Crippen MR) is 67.1 cm³/mol. The zero-order chi connectivity index (χ0) is 12.4. The molecule has 4 nitrogen and oxygen atoms in total. The molecular formula is C10H18N2O2S2. The molecule has 0 bridgehead atoms. The summed E-state index contributed by atoms with van der Waals surface area (Å²) in [6.07, 6.45) is 0. The normalized spacial score (nSPS) is 13.0. The molecule has 92 valence electrons. The summed E-state index contributed by atoms with van der Waals surface area (Å²) in [7, 11) is -3.37. The molecule has 16 heavy (non-hydrogen) atoms. The lowest BCUT2D eigenvalue weighted by atomic mass is 9.95. The molecule has 0 radical (unpaired) electrons. The van der Waals surface area contributed by atoms with Crippen LogP contribution < -0.4 is 10.5 Å². The zero-order valence-electron chi connectivity index (χ0n) is 9.78. The maximum Gasteiger partial charge on any atom is 0.250 e. The van der Waals surface area contributed by atoms with Crippen LogP contribution in [-0.2, 0) is 10.0 Å². The third-order valence-electron chi connectivity index (χ3n) is 2.27. The van der Waals surface area contributed by atoms with Crippen LogP contribution in [-0.4, -0.2) is 21.5 Å². The molecule has 1 rings (SSSR count). The second-order valence-corrected chi connectivity index (χ2v) is 7.84. The van der Waals surface area contributed by atoms with E-state index in [-0.39, 0.29) is 5.41 Å². The molecule has 0 amide bonds. The fraction of sp³-hybridized carbons (Fsp3) is 0.600. The van der Waals surface area contributed by atoms with Gasteiger partial charge in [-0.05, 0) is 31.0 Å². The van der Waals surface area contributed by atoms with Gasteiger partial charge in [0.2, 0.25) is 10.0 Å². The van der Waals surface area contributed by atoms with E-state index in [1.807, 2.05) is 20.8 Å². The third kappa shape index (κ3) is 3.55. The summed E-state index contributed by atoms with van der Waals surface area (Å²) in [6.45, 7) is 6.53. The van der Waals surface area contributed by atoms with Crippen LogP contribution >= 0.6 is 11.3 Å². The first-order valence-corrected chi connectivity index (χ1v) is 7.33. The largest absolute Gasteiger partial charge is 0.330 e. The number of aryl methyl sites for hydroxylation is 1. The molecule has 0 saturated carbocycles. The van der Waals surface area contributed by atoms with Gasteiger partial charge in [0.1, 0.15) is 4.21 Å². The van der Waals surface area contributed by atoms with Crippen LogP contribution in [0.2, 0.25) is 0 Å². The first-order valence-electron chi connectivity index (χ1n) is 5.03. The Morgan fingerprint density at radius 1 is 1.44 bits per heavy atom. The summed E-state index contributed by atoms with van der Waals surface area (Å²) in [4.78, 5) is 0.985. The molecule has 0 saturated heterocycles. The monoisotopic (exact) mass is 262 g/mol. The maximum absolute atomic E-state index is 11.9. The quantitative estimate of drug-likeness (QED) is 0.840. The summed E-state index contributed by atoms with van der Waals surface area (Å²) in [5.41, 5.74) is 5.32. The number of nitrogens with two attached hydrogens (primary N) is 1. The number of hydrogen-bond acceptors (Lipinski definition) is 4. The Hall–Kier alpha value is -0.430. The highest BCUT2D eigenvalue weighted by atomic mass is 32.2. The van der Waals surface area contributed by atoms with Crippen LogP contribution in [0.25, 0.3) is 0 Å². The Labute approximate surface area is 101 Å². The molecule has 0 fully saturated rings. The summed E-state index contributed by atoms with van der Waals surface area (Å²) < 4.78 is 26.7. The lowest BCUT2D eigenvalue weighted by molar-refractivity contribution is 0.376. The van der Waals surface area contributed by atoms with Crippen molar-refractivity contribution in [2.75, 3.05) is 13.1 Å². The van der Waals surface area contributed by atoms with Crippen LogP contribution in [0.5, 0.6) is 0 Å². The lowest BCUT2D eigenvalue weighted by Gasteiger charge is -2.22. The Balaban J connectivity index is 2.74. The van der Waals surface area contributed by atoms with Crippen molar-refractivity contribution in [2.45, 2.75) is 25.0 Å². The first kappa shape index (κ1) is 13.6. The van der Waals surface area contributed by atoms with Crippen LogP contribution in [0.1, 0.15) is 18.7 Å². The summed E-state index contributed by atoms with van der Waals surface area (Å²) in [6, 6.07) is 3.42. The minimum absolute atomic E-state index is 0.223. The molecule has 1 heterocycles. The van der Waals surface area contributed by atoms with Crippen LogP contribution in [0.3, 0.4) is 0 Å². The van der Waals surface area contributed by atoms with Crippen molar-refractivity contribution in [2.24, 2.45) is 11.1 Å². The number of thiophene rings is 1. The van der Waals surface area contributed by atoms with E-state index in [1.54, 1.807) is 12.1 Å². The van der Waals surface area contributed by atoms with Gasteiger partial charge in [0.05, 0.1) is 0 Å². The molecule has 0 aliphatic rings. The van der Waals surface area contributed by atoms with Gasteiger partial charge >= 0.3 is 0 Å². The zero-order valence-corrected chi connectivity index (χ0v) is 11.4. The summed E-state index contributed by atoms with van der Waals surface area (Å²) in [5, 5.41) is 0. The van der Waals surface area contributed by atoms with Crippen molar-refractivity contribution in [1.82, 2.24) is 4.72 Å². The topological polar surface area (TPSA) is 72.2 Å². The lowest BCUT2D eigenvalue weighted by Crippen LogP contribution is -2.38. The van der Waals surface area contributed by atoms with Crippen LogP contribution in [0.15, 0.2) is 16.3 Å². The number of sulfonamides is 1. The maximum atomic E-state index is 11.9. The Bertz CT molecular complexity index is 449. The molecular weight excluding hydrogens is 244 g/mol. The van der Waals surface area contributed by atoms with Crippen molar-refractivity contribution in [3.05, 3.63) is 17.0 Å². The van der Waals surface area contributed by atoms with Gasteiger partial charge in [0, 0.05) is 11.4 Å². The van der Waals surface area contributed by atoms with Gasteiger partial charge in [-0.3, -0.25) is 0 Å². The van der Waals surface area contributed by atoms with E-state index in [2.05, 4.69) is 4.72 Å². The fourth-order valence-electron chi connectivity index (χ4n) is 0.990. The molecule has 0 aliphatic carbocycles. The van der Waals surface area contributed by atoms with Gasteiger partial charge < -0.3 is 5.73 Å². The predicted octanol–water partition coefficient (Wildman–Crippen LogP) is 1.32. The Morgan fingerprint density at radius 3 is 2.50 bits per heavy atom. The number of nitrogens with one attached hydrogen (secondary N) is 1. The third-order valence-corrected chi connectivity index (χ3v) is 5.17. The van der Waals surface area contributed by atoms with Crippen LogP contribution in [0.4, 0.5) is 0 Å². The standard InChI is InChI=1S/C10H18N2O2S2/c1-8-4-5-9(15-8)16(13,14)12-7-10(2,3)6-11/h4-5,12H,6-7,11H2,1-3H3. The van der Waals surface area contributed by atoms with E-state index in [9.17, 15) is 8.42 Å². The molecule has 1 aromatic heterocycles. The van der Waals surface area contributed by atoms with Crippen LogP contribution in [0, 0.1) is 12.3 Å². The molecule has 0 atom stereocenters. The van der Waals surface area contributed by atoms with Gasteiger partial charge in [0.25, 0.3) is 0 Å². The highest BCUT2D eigenvalue weighted by Gasteiger charge is 2.21. The van der Waals surface area contributed by atoms with Crippen molar-refractivity contribution in [1.29, 1.82) is 0 Å². The average Bonchev–Trinajstić information content (AvgIpc) is 2.63. The molecule has 0 aliphatic heterocycles. The number of hydrogen-bond donors (Lipinski definition) is 2. The highest BCUT2D eigenvalue weighted by molar-refractivity contribution is 7.91. The minimum atomic E-state index is -3.37. The number of rotatable bonds is 5. The van der Waals surface area contributed by atoms with Crippen molar-refractivity contribution in [3.63, 3.8) is 0 Å². The van der Waals surface area contributed by atoms with Crippen molar-refractivity contribution < 1.29 is 8.42 Å². The Kier molecular flexibility index (Phi) is 4.12. The van der Waals surface area contributed by atoms with E-state index in [1.165, 1.54) is 11.3 Å². The highest BCUT2D eigenvalue weighted by Crippen LogP contribution is 2.21. The Morgan fingerprint density at radius 2 is 2.06 bits per heavy atom. The second kappa shape index (κ2) is 4.83. The summed E-state index contributed by atoms with van der Waals surface area (Å²) in [5.74, 6) is 0. The van der Waals surface area contributed by atoms with Gasteiger partial charge in [-0.25, -0.2) is 13.1 Å². The summed E-state index contributed by atoms with van der Waals surface area (Å²) >= 11 is 1.27. The minimum Gasteiger partial charge on any atom is -0.330 e. The van der Waals surface area contributed by atoms with Gasteiger partial charge in [-0.1, -0.05) is 13.8 Å². The average molecular weight is 262 g/mol. The van der Waals surface area contributed by atoms with Gasteiger partial charge in [-0.15, -0.1) is 11.3 Å². The SMILES string of the molecule is Cc1ccc(S(=O)(=O)NCC(C)(C)CN)s1. The molecule has 0 spiro atoms. The molecule has 1 aromatic rings. The molecule has 0 aromatic carbocycles. The smallest absolute Gasteiger partial charge is 0.250 e. The van der Waals surface area contributed by atoms with E-state index in [0.29, 0.717) is 17.3 Å². The first-order chi connectivity index (χ1) is 7.27. The van der Waals surface area contributed by atoms with E-state index < -0.39 is 10.0 Å². The van der Waals surface area contributed by atoms with E-state index in [4.69, 9.17) is 5.73 Å². The second-order valence-electron chi connectivity index (χ2n) is 4.56. The van der Waals surface area contributed by atoms with Gasteiger partial charge in [-0.2, -0.15) is 0 Å². The van der Waals surface area contributed by atoms with Crippen molar-refractivity contribution in [3.8, 4) is 0 Å².